The molecule has 2 fully saturated rings. The van der Waals surface area contributed by atoms with E-state index < -0.39 is 92.7 Å². The molecule has 0 saturated carbocycles. The van der Waals surface area contributed by atoms with Crippen molar-refractivity contribution in [2.24, 2.45) is 0 Å². The highest BCUT2D eigenvalue weighted by molar-refractivity contribution is 5.70. The van der Waals surface area contributed by atoms with Crippen LogP contribution >= 0.6 is 0 Å². The van der Waals surface area contributed by atoms with E-state index in [0.29, 0.717) is 12.8 Å². The third-order valence-corrected chi connectivity index (χ3v) is 12.2. The van der Waals surface area contributed by atoms with Gasteiger partial charge in [-0.3, -0.25) is 9.59 Å². The highest BCUT2D eigenvalue weighted by Gasteiger charge is 2.47. The average Bonchev–Trinajstić information content (AvgIpc) is 3.30. The Labute approximate surface area is 390 Å². The van der Waals surface area contributed by atoms with Gasteiger partial charge in [-0.2, -0.15) is 0 Å². The molecule has 0 aromatic rings. The second-order valence-corrected chi connectivity index (χ2v) is 18.0. The van der Waals surface area contributed by atoms with Crippen LogP contribution in [0.3, 0.4) is 0 Å². The normalized spacial score (nSPS) is 26.5. The van der Waals surface area contributed by atoms with Crippen LogP contribution in [0.25, 0.3) is 0 Å². The predicted molar refractivity (Wildman–Crippen MR) is 247 cm³/mol. The van der Waals surface area contributed by atoms with Crippen molar-refractivity contribution in [2.45, 2.75) is 255 Å². The number of hydrogen-bond acceptors (Lipinski definition) is 15. The van der Waals surface area contributed by atoms with E-state index in [-0.39, 0.29) is 26.1 Å². The van der Waals surface area contributed by atoms with Gasteiger partial charge in [-0.15, -0.1) is 0 Å². The lowest BCUT2D eigenvalue weighted by atomic mass is 9.98. The molecule has 15 nitrogen and oxygen atoms in total. The number of hydrogen-bond donors (Lipinski definition) is 7. The van der Waals surface area contributed by atoms with Crippen LogP contribution in [-0.2, 0) is 38.0 Å². The largest absolute Gasteiger partial charge is 0.462 e. The number of esters is 2. The molecule has 2 aliphatic rings. The number of rotatable bonds is 39. The fourth-order valence-electron chi connectivity index (χ4n) is 7.95. The van der Waals surface area contributed by atoms with Crippen LogP contribution in [0.15, 0.2) is 24.3 Å². The van der Waals surface area contributed by atoms with Crippen LogP contribution in [0.4, 0.5) is 0 Å². The molecule has 11 atom stereocenters. The molecule has 2 heterocycles. The summed E-state index contributed by atoms with van der Waals surface area (Å²) in [6.07, 6.45) is 20.6. The number of carbonyl (C=O) groups is 2. The highest BCUT2D eigenvalue weighted by Crippen LogP contribution is 2.26. The molecule has 380 valence electrons. The van der Waals surface area contributed by atoms with Crippen molar-refractivity contribution in [3.05, 3.63) is 24.3 Å². The Kier molecular flexibility index (Phi) is 34.5. The van der Waals surface area contributed by atoms with E-state index in [0.717, 1.165) is 70.6 Å². The monoisotopic (exact) mass is 931 g/mol. The quantitative estimate of drug-likeness (QED) is 0.0192. The van der Waals surface area contributed by atoms with Gasteiger partial charge >= 0.3 is 11.9 Å². The van der Waals surface area contributed by atoms with E-state index >= 15 is 0 Å². The topological polar surface area (TPSA) is 231 Å². The van der Waals surface area contributed by atoms with Crippen molar-refractivity contribution in [3.8, 4) is 0 Å². The Balaban J connectivity index is 1.82. The molecule has 0 bridgehead atoms. The third kappa shape index (κ3) is 26.4. The summed E-state index contributed by atoms with van der Waals surface area (Å²) in [5.41, 5.74) is 0. The van der Waals surface area contributed by atoms with Gasteiger partial charge in [-0.1, -0.05) is 154 Å². The maximum atomic E-state index is 13.0. The fraction of sp³-hybridized carbons (Fsp3) is 0.880. The zero-order valence-corrected chi connectivity index (χ0v) is 40.0. The molecule has 2 rings (SSSR count). The van der Waals surface area contributed by atoms with Gasteiger partial charge in [0, 0.05) is 12.8 Å². The number of aliphatic hydroxyl groups is 7. The van der Waals surface area contributed by atoms with Crippen LogP contribution in [0.1, 0.15) is 187 Å². The van der Waals surface area contributed by atoms with Crippen molar-refractivity contribution in [1.82, 2.24) is 0 Å². The molecular formula is C50H90O15. The van der Waals surface area contributed by atoms with Crippen LogP contribution in [-0.4, -0.2) is 142 Å². The number of allylic oxidation sites excluding steroid dienone is 4. The van der Waals surface area contributed by atoms with Crippen molar-refractivity contribution < 1.29 is 73.8 Å². The van der Waals surface area contributed by atoms with Crippen molar-refractivity contribution in [3.63, 3.8) is 0 Å². The predicted octanol–water partition coefficient (Wildman–Crippen LogP) is 6.77. The minimum atomic E-state index is -1.76. The molecular weight excluding hydrogens is 841 g/mol. The zero-order valence-electron chi connectivity index (χ0n) is 40.0. The van der Waals surface area contributed by atoms with Gasteiger partial charge in [-0.25, -0.2) is 0 Å². The summed E-state index contributed by atoms with van der Waals surface area (Å²) in [6.45, 7) is 2.56. The van der Waals surface area contributed by atoms with Gasteiger partial charge in [0.25, 0.3) is 0 Å². The van der Waals surface area contributed by atoms with E-state index in [4.69, 9.17) is 28.4 Å². The molecule has 65 heavy (non-hydrogen) atoms. The van der Waals surface area contributed by atoms with Gasteiger partial charge in [0.05, 0.1) is 19.8 Å². The zero-order chi connectivity index (χ0) is 47.5. The van der Waals surface area contributed by atoms with Gasteiger partial charge < -0.3 is 64.2 Å². The molecule has 0 radical (unpaired) electrons. The van der Waals surface area contributed by atoms with E-state index in [2.05, 4.69) is 38.2 Å². The Morgan fingerprint density at radius 1 is 0.492 bits per heavy atom. The van der Waals surface area contributed by atoms with E-state index in [1.807, 2.05) is 0 Å². The molecule has 0 aromatic heterocycles. The van der Waals surface area contributed by atoms with E-state index in [1.165, 1.54) is 77.0 Å². The summed E-state index contributed by atoms with van der Waals surface area (Å²) in [5.74, 6) is -0.931. The standard InChI is InChI=1S/C50H90O15/c1-3-5-7-9-11-13-15-17-18-19-21-23-25-27-29-31-33-42(53)63-38(35-60-41(52)32-30-28-26-24-22-20-16-14-12-10-8-6-4-2)36-61-49-48(59)46(57)44(55)40(65-49)37-62-50-47(58)45(56)43(54)39(34-51)64-50/h11,13,17-18,38-40,43-51,54-59H,3-10,12,14-16,19-37H2,1-2H3/b13-11-,18-17-/t38-,39-,40-,43+,44+,45+,46+,47-,48-,49-,50+/m1/s1. The number of carbonyl (C=O) groups excluding carboxylic acids is 2. The first-order chi connectivity index (χ1) is 31.5. The first-order valence-electron chi connectivity index (χ1n) is 25.4. The molecule has 0 aromatic carbocycles. The van der Waals surface area contributed by atoms with Crippen LogP contribution < -0.4 is 0 Å². The van der Waals surface area contributed by atoms with Crippen molar-refractivity contribution in [1.29, 1.82) is 0 Å². The summed E-state index contributed by atoms with van der Waals surface area (Å²) in [5, 5.41) is 72.0. The summed E-state index contributed by atoms with van der Waals surface area (Å²) in [7, 11) is 0. The molecule has 15 heteroatoms. The lowest BCUT2D eigenvalue weighted by molar-refractivity contribution is -0.332. The Morgan fingerprint density at radius 3 is 1.46 bits per heavy atom. The maximum Gasteiger partial charge on any atom is 0.306 e. The van der Waals surface area contributed by atoms with Gasteiger partial charge in [0.2, 0.25) is 0 Å². The maximum absolute atomic E-state index is 13.0. The Hall–Kier alpha value is -2.02. The number of ether oxygens (including phenoxy) is 6. The third-order valence-electron chi connectivity index (χ3n) is 12.2. The lowest BCUT2D eigenvalue weighted by Gasteiger charge is -2.42. The van der Waals surface area contributed by atoms with Gasteiger partial charge in [0.15, 0.2) is 18.7 Å². The van der Waals surface area contributed by atoms with Crippen molar-refractivity contribution in [2.75, 3.05) is 26.4 Å². The average molecular weight is 931 g/mol. The van der Waals surface area contributed by atoms with E-state index in [9.17, 15) is 45.3 Å². The smallest absolute Gasteiger partial charge is 0.306 e. The first kappa shape index (κ1) is 59.1. The second-order valence-electron chi connectivity index (χ2n) is 18.0. The first-order valence-corrected chi connectivity index (χ1v) is 25.4. The van der Waals surface area contributed by atoms with Gasteiger partial charge in [-0.05, 0) is 44.9 Å². The van der Waals surface area contributed by atoms with Crippen LogP contribution in [0.2, 0.25) is 0 Å². The molecule has 2 saturated heterocycles. The minimum Gasteiger partial charge on any atom is -0.462 e. The SMILES string of the molecule is CCCCC/C=C\C/C=C\CCCCCCCCC(=O)O[C@H](COC(=O)CCCCCCCCCCCCCCC)CO[C@@H]1O[C@H](CO[C@H]2O[C@H](CO)[C@H](O)[C@H](O)[C@H]2O)[C@H](O)[C@H](O)[C@H]1O. The van der Waals surface area contributed by atoms with Crippen molar-refractivity contribution >= 4 is 11.9 Å². The van der Waals surface area contributed by atoms with E-state index in [1.54, 1.807) is 0 Å². The highest BCUT2D eigenvalue weighted by atomic mass is 16.7. The number of aliphatic hydroxyl groups excluding tert-OH is 7. The summed E-state index contributed by atoms with van der Waals surface area (Å²) >= 11 is 0. The molecule has 7 N–H and O–H groups in total. The minimum absolute atomic E-state index is 0.156. The van der Waals surface area contributed by atoms with Crippen LogP contribution in [0, 0.1) is 0 Å². The molecule has 0 unspecified atom stereocenters. The Morgan fingerprint density at radius 2 is 0.923 bits per heavy atom. The molecule has 0 amide bonds. The summed E-state index contributed by atoms with van der Waals surface area (Å²) < 4.78 is 33.5. The number of unbranched alkanes of at least 4 members (excludes halogenated alkanes) is 21. The lowest BCUT2D eigenvalue weighted by Crippen LogP contribution is -2.61. The molecule has 0 spiro atoms. The molecule has 0 aliphatic carbocycles. The van der Waals surface area contributed by atoms with Gasteiger partial charge in [0.1, 0.15) is 55.4 Å². The molecule has 2 aliphatic heterocycles. The summed E-state index contributed by atoms with van der Waals surface area (Å²) in [4.78, 5) is 25.7. The second kappa shape index (κ2) is 37.9. The summed E-state index contributed by atoms with van der Waals surface area (Å²) in [6, 6.07) is 0. The van der Waals surface area contributed by atoms with Crippen LogP contribution in [0.5, 0.6) is 0 Å². The fourth-order valence-corrected chi connectivity index (χ4v) is 7.95. The Bertz CT molecular complexity index is 1230.